The average molecular weight is 395 g/mol. The van der Waals surface area contributed by atoms with Crippen molar-refractivity contribution in [2.75, 3.05) is 7.11 Å². The highest BCUT2D eigenvalue weighted by Gasteiger charge is 2.19. The average Bonchev–Trinajstić information content (AvgIpc) is 3.45. The van der Waals surface area contributed by atoms with Gasteiger partial charge >= 0.3 is 5.97 Å². The number of esters is 1. The molecule has 0 unspecified atom stereocenters. The van der Waals surface area contributed by atoms with Gasteiger partial charge in [-0.3, -0.25) is 4.57 Å². The Morgan fingerprint density at radius 2 is 1.96 bits per heavy atom. The number of aromatic nitrogens is 3. The Bertz CT molecular complexity index is 1100. The minimum atomic E-state index is -0.499. The summed E-state index contributed by atoms with van der Waals surface area (Å²) in [6, 6.07) is 15.1. The largest absolute Gasteiger partial charge is 0.469 e. The van der Waals surface area contributed by atoms with Gasteiger partial charge in [-0.1, -0.05) is 30.0 Å². The lowest BCUT2D eigenvalue weighted by molar-refractivity contribution is 0.0563. The number of ether oxygens (including phenoxy) is 1. The van der Waals surface area contributed by atoms with E-state index in [1.54, 1.807) is 18.4 Å². The van der Waals surface area contributed by atoms with E-state index >= 15 is 0 Å². The van der Waals surface area contributed by atoms with Crippen molar-refractivity contribution in [3.63, 3.8) is 0 Å². The lowest BCUT2D eigenvalue weighted by atomic mass is 10.2. The predicted octanol–water partition coefficient (Wildman–Crippen LogP) is 4.51. The van der Waals surface area contributed by atoms with Gasteiger partial charge in [-0.05, 0) is 37.3 Å². The Kier molecular flexibility index (Phi) is 5.03. The molecule has 3 aromatic heterocycles. The summed E-state index contributed by atoms with van der Waals surface area (Å²) in [5.41, 5.74) is 1.83. The molecule has 0 aliphatic carbocycles. The van der Waals surface area contributed by atoms with Gasteiger partial charge in [0.2, 0.25) is 5.76 Å². The molecule has 0 spiro atoms. The smallest absolute Gasteiger partial charge is 0.373 e. The molecular weight excluding hydrogens is 378 g/mol. The van der Waals surface area contributed by atoms with E-state index in [0.29, 0.717) is 22.5 Å². The summed E-state index contributed by atoms with van der Waals surface area (Å²) in [4.78, 5) is 11.5. The van der Waals surface area contributed by atoms with Gasteiger partial charge in [0.25, 0.3) is 0 Å². The molecule has 0 saturated heterocycles. The number of thioether (sulfide) groups is 1. The van der Waals surface area contributed by atoms with E-state index in [0.717, 1.165) is 17.0 Å². The molecule has 142 valence electrons. The first-order chi connectivity index (χ1) is 13.7. The SMILES string of the molecule is COC(=O)c1ccc(CSc2nnc(-c3ccoc3C)n2-c2ccccc2)o1. The van der Waals surface area contributed by atoms with Crippen molar-refractivity contribution in [3.05, 3.63) is 72.1 Å². The summed E-state index contributed by atoms with van der Waals surface area (Å²) >= 11 is 1.46. The maximum absolute atomic E-state index is 11.5. The van der Waals surface area contributed by atoms with Gasteiger partial charge in [0.05, 0.1) is 24.7 Å². The van der Waals surface area contributed by atoms with Crippen LogP contribution in [0.15, 0.2) is 68.8 Å². The lowest BCUT2D eigenvalue weighted by Crippen LogP contribution is -2.00. The highest BCUT2D eigenvalue weighted by atomic mass is 32.2. The number of carbonyl (C=O) groups is 1. The summed E-state index contributed by atoms with van der Waals surface area (Å²) in [5.74, 6) is 2.30. The summed E-state index contributed by atoms with van der Waals surface area (Å²) in [5, 5.41) is 9.45. The zero-order chi connectivity index (χ0) is 19.5. The van der Waals surface area contributed by atoms with Crippen molar-refractivity contribution >= 4 is 17.7 Å². The lowest BCUT2D eigenvalue weighted by Gasteiger charge is -2.09. The van der Waals surface area contributed by atoms with Gasteiger partial charge < -0.3 is 13.6 Å². The molecule has 28 heavy (non-hydrogen) atoms. The second-order valence-corrected chi connectivity index (χ2v) is 6.86. The summed E-state index contributed by atoms with van der Waals surface area (Å²) < 4.78 is 17.6. The molecule has 4 aromatic rings. The minimum Gasteiger partial charge on any atom is -0.469 e. The van der Waals surface area contributed by atoms with Crippen molar-refractivity contribution in [2.45, 2.75) is 17.8 Å². The molecule has 0 bridgehead atoms. The van der Waals surface area contributed by atoms with Crippen LogP contribution in [0.25, 0.3) is 17.1 Å². The number of hydrogen-bond acceptors (Lipinski definition) is 7. The van der Waals surface area contributed by atoms with E-state index < -0.39 is 5.97 Å². The second-order valence-electron chi connectivity index (χ2n) is 5.91. The Labute approximate surface area is 165 Å². The van der Waals surface area contributed by atoms with E-state index in [2.05, 4.69) is 14.9 Å². The first-order valence-electron chi connectivity index (χ1n) is 8.52. The van der Waals surface area contributed by atoms with E-state index in [9.17, 15) is 4.79 Å². The number of methoxy groups -OCH3 is 1. The van der Waals surface area contributed by atoms with Crippen molar-refractivity contribution in [1.82, 2.24) is 14.8 Å². The fourth-order valence-electron chi connectivity index (χ4n) is 2.77. The third-order valence-electron chi connectivity index (χ3n) is 4.14. The molecule has 0 fully saturated rings. The van der Waals surface area contributed by atoms with Crippen LogP contribution >= 0.6 is 11.8 Å². The molecular formula is C20H17N3O4S. The predicted molar refractivity (Wildman–Crippen MR) is 103 cm³/mol. The van der Waals surface area contributed by atoms with Gasteiger partial charge in [0.1, 0.15) is 11.5 Å². The van der Waals surface area contributed by atoms with Gasteiger partial charge in [0.15, 0.2) is 11.0 Å². The standard InChI is InChI=1S/C20H17N3O4S/c1-13-16(10-11-26-13)18-21-22-20(23(18)14-6-4-3-5-7-14)28-12-15-8-9-17(27-15)19(24)25-2/h3-11H,12H2,1-2H3. The molecule has 0 amide bonds. The van der Waals surface area contributed by atoms with E-state index in [4.69, 9.17) is 8.83 Å². The highest BCUT2D eigenvalue weighted by molar-refractivity contribution is 7.98. The third kappa shape index (κ3) is 3.46. The Morgan fingerprint density at radius 1 is 1.14 bits per heavy atom. The quantitative estimate of drug-likeness (QED) is 0.351. The number of nitrogens with zero attached hydrogens (tertiary/aromatic N) is 3. The van der Waals surface area contributed by atoms with Crippen LogP contribution in [0.1, 0.15) is 22.1 Å². The molecule has 0 atom stereocenters. The normalized spacial score (nSPS) is 10.9. The minimum absolute atomic E-state index is 0.178. The fraction of sp³-hybridized carbons (Fsp3) is 0.150. The first-order valence-corrected chi connectivity index (χ1v) is 9.51. The van der Waals surface area contributed by atoms with Crippen LogP contribution in [0.2, 0.25) is 0 Å². The third-order valence-corrected chi connectivity index (χ3v) is 5.09. The molecule has 0 radical (unpaired) electrons. The maximum atomic E-state index is 11.5. The van der Waals surface area contributed by atoms with Crippen LogP contribution in [0, 0.1) is 6.92 Å². The van der Waals surface area contributed by atoms with Crippen LogP contribution in [0.3, 0.4) is 0 Å². The Balaban J connectivity index is 1.66. The molecule has 8 heteroatoms. The number of furan rings is 2. The fourth-order valence-corrected chi connectivity index (χ4v) is 3.61. The van der Waals surface area contributed by atoms with Crippen LogP contribution in [0.4, 0.5) is 0 Å². The first kappa shape index (κ1) is 18.1. The number of rotatable bonds is 6. The molecule has 7 nitrogen and oxygen atoms in total. The van der Waals surface area contributed by atoms with E-state index in [-0.39, 0.29) is 5.76 Å². The van der Waals surface area contributed by atoms with Gasteiger partial charge in [-0.15, -0.1) is 10.2 Å². The zero-order valence-corrected chi connectivity index (χ0v) is 16.1. The second kappa shape index (κ2) is 7.77. The molecule has 0 saturated carbocycles. The molecule has 0 aliphatic heterocycles. The van der Waals surface area contributed by atoms with Crippen molar-refractivity contribution in [2.24, 2.45) is 0 Å². The Morgan fingerprint density at radius 3 is 2.68 bits per heavy atom. The number of aryl methyl sites for hydroxylation is 1. The van der Waals surface area contributed by atoms with Gasteiger partial charge in [0, 0.05) is 5.69 Å². The molecule has 1 aromatic carbocycles. The van der Waals surface area contributed by atoms with Crippen LogP contribution in [-0.2, 0) is 10.5 Å². The summed E-state index contributed by atoms with van der Waals surface area (Å²) in [7, 11) is 1.32. The summed E-state index contributed by atoms with van der Waals surface area (Å²) in [6.45, 7) is 1.89. The van der Waals surface area contributed by atoms with Gasteiger partial charge in [-0.25, -0.2) is 4.79 Å². The van der Waals surface area contributed by atoms with Crippen LogP contribution < -0.4 is 0 Å². The number of para-hydroxylation sites is 1. The molecule has 0 aliphatic rings. The van der Waals surface area contributed by atoms with Crippen LogP contribution in [-0.4, -0.2) is 27.8 Å². The van der Waals surface area contributed by atoms with E-state index in [1.165, 1.54) is 18.9 Å². The van der Waals surface area contributed by atoms with E-state index in [1.807, 2.05) is 47.9 Å². The van der Waals surface area contributed by atoms with Crippen molar-refractivity contribution in [3.8, 4) is 17.1 Å². The monoisotopic (exact) mass is 395 g/mol. The number of carbonyl (C=O) groups excluding carboxylic acids is 1. The number of benzene rings is 1. The molecule has 3 heterocycles. The van der Waals surface area contributed by atoms with Gasteiger partial charge in [-0.2, -0.15) is 0 Å². The maximum Gasteiger partial charge on any atom is 0.373 e. The molecule has 0 N–H and O–H groups in total. The molecule has 4 rings (SSSR count). The van der Waals surface area contributed by atoms with Crippen molar-refractivity contribution < 1.29 is 18.4 Å². The summed E-state index contributed by atoms with van der Waals surface area (Å²) in [6.07, 6.45) is 1.64. The topological polar surface area (TPSA) is 83.3 Å². The zero-order valence-electron chi connectivity index (χ0n) is 15.3. The van der Waals surface area contributed by atoms with Crippen molar-refractivity contribution in [1.29, 1.82) is 0 Å². The Hall–Kier alpha value is -3.26. The highest BCUT2D eigenvalue weighted by Crippen LogP contribution is 2.31. The van der Waals surface area contributed by atoms with Crippen LogP contribution in [0.5, 0.6) is 0 Å². The number of hydrogen-bond donors (Lipinski definition) is 0.